The van der Waals surface area contributed by atoms with E-state index in [1.54, 1.807) is 0 Å². The maximum absolute atomic E-state index is 13.1. The summed E-state index contributed by atoms with van der Waals surface area (Å²) < 4.78 is 13.1. The summed E-state index contributed by atoms with van der Waals surface area (Å²) in [4.78, 5) is 16.0. The molecule has 0 bridgehead atoms. The van der Waals surface area contributed by atoms with Crippen molar-refractivity contribution in [1.29, 1.82) is 0 Å². The van der Waals surface area contributed by atoms with E-state index in [1.807, 2.05) is 30.0 Å². The summed E-state index contributed by atoms with van der Waals surface area (Å²) in [7, 11) is 0. The number of hydrogen-bond acceptors (Lipinski definition) is 3. The number of thioether (sulfide) groups is 1. The highest BCUT2D eigenvalue weighted by Crippen LogP contribution is 2.46. The number of hydrogen-bond donors (Lipinski definition) is 2. The molecule has 0 aliphatic carbocycles. The van der Waals surface area contributed by atoms with Gasteiger partial charge in [0.15, 0.2) is 5.69 Å². The molecule has 1 aliphatic rings. The predicted molar refractivity (Wildman–Crippen MR) is 118 cm³/mol. The van der Waals surface area contributed by atoms with Crippen LogP contribution in [-0.4, -0.2) is 24.2 Å². The summed E-state index contributed by atoms with van der Waals surface area (Å²) in [6.45, 7) is 14.2. The molecule has 2 unspecified atom stereocenters. The highest BCUT2D eigenvalue weighted by atomic mass is 32.2. The Morgan fingerprint density at radius 1 is 1.31 bits per heavy atom. The molecule has 2 N–H and O–H groups in total. The Kier molecular flexibility index (Phi) is 6.49. The monoisotopic (exact) mass is 411 g/mol. The van der Waals surface area contributed by atoms with E-state index in [0.29, 0.717) is 23.0 Å². The van der Waals surface area contributed by atoms with Gasteiger partial charge in [0, 0.05) is 34.5 Å². The Balaban J connectivity index is 1.73. The first kappa shape index (κ1) is 21.2. The Morgan fingerprint density at radius 2 is 2.03 bits per heavy atom. The molecule has 0 fully saturated rings. The van der Waals surface area contributed by atoms with E-state index in [1.165, 1.54) is 29.8 Å². The van der Waals surface area contributed by atoms with E-state index in [0.717, 1.165) is 17.9 Å². The SMILES string of the molecule is [C-]#[N+]c1ccc2c(c1)C(SCC)CC(C(C)(C)CNC(=O)c1ccc(F)cc1)N2. The van der Waals surface area contributed by atoms with Crippen LogP contribution in [-0.2, 0) is 0 Å². The van der Waals surface area contributed by atoms with Gasteiger partial charge in [-0.1, -0.05) is 32.9 Å². The average Bonchev–Trinajstić information content (AvgIpc) is 2.72. The molecule has 0 radical (unpaired) electrons. The van der Waals surface area contributed by atoms with Gasteiger partial charge in [-0.2, -0.15) is 11.8 Å². The number of anilines is 1. The van der Waals surface area contributed by atoms with Crippen molar-refractivity contribution in [3.8, 4) is 0 Å². The van der Waals surface area contributed by atoms with Gasteiger partial charge >= 0.3 is 0 Å². The number of carbonyl (C=O) groups excluding carboxylic acids is 1. The van der Waals surface area contributed by atoms with Crippen molar-refractivity contribution in [2.45, 2.75) is 38.5 Å². The summed E-state index contributed by atoms with van der Waals surface area (Å²) in [5, 5.41) is 6.94. The number of fused-ring (bicyclic) bond motifs is 1. The zero-order valence-corrected chi connectivity index (χ0v) is 17.8. The van der Waals surface area contributed by atoms with Crippen molar-refractivity contribution >= 4 is 29.0 Å². The van der Waals surface area contributed by atoms with Gasteiger partial charge in [-0.3, -0.25) is 4.79 Å². The number of amides is 1. The topological polar surface area (TPSA) is 45.5 Å². The third kappa shape index (κ3) is 4.91. The van der Waals surface area contributed by atoms with Crippen molar-refractivity contribution in [3.63, 3.8) is 0 Å². The van der Waals surface area contributed by atoms with Crippen molar-refractivity contribution in [1.82, 2.24) is 5.32 Å². The first-order valence-corrected chi connectivity index (χ1v) is 10.8. The van der Waals surface area contributed by atoms with Crippen molar-refractivity contribution in [3.05, 3.63) is 70.8 Å². The number of rotatable bonds is 6. The molecule has 29 heavy (non-hydrogen) atoms. The maximum Gasteiger partial charge on any atom is 0.251 e. The lowest BCUT2D eigenvalue weighted by molar-refractivity contribution is 0.0931. The Bertz CT molecular complexity index is 921. The molecule has 0 saturated heterocycles. The predicted octanol–water partition coefficient (Wildman–Crippen LogP) is 5.81. The van der Waals surface area contributed by atoms with E-state index in [2.05, 4.69) is 36.2 Å². The third-order valence-electron chi connectivity index (χ3n) is 5.41. The second kappa shape index (κ2) is 8.87. The van der Waals surface area contributed by atoms with E-state index < -0.39 is 0 Å². The van der Waals surface area contributed by atoms with Gasteiger partial charge in [-0.15, -0.1) is 0 Å². The largest absolute Gasteiger partial charge is 0.381 e. The molecule has 152 valence electrons. The van der Waals surface area contributed by atoms with E-state index >= 15 is 0 Å². The fourth-order valence-electron chi connectivity index (χ4n) is 3.61. The minimum Gasteiger partial charge on any atom is -0.381 e. The maximum atomic E-state index is 13.1. The van der Waals surface area contributed by atoms with Crippen molar-refractivity contribution in [2.24, 2.45) is 5.41 Å². The van der Waals surface area contributed by atoms with Gasteiger partial charge < -0.3 is 10.6 Å². The third-order valence-corrected chi connectivity index (χ3v) is 6.59. The molecule has 2 aromatic carbocycles. The van der Waals surface area contributed by atoms with Crippen LogP contribution in [0.4, 0.5) is 15.8 Å². The van der Waals surface area contributed by atoms with Crippen LogP contribution in [0, 0.1) is 17.8 Å². The normalized spacial score (nSPS) is 18.3. The number of halogens is 1. The first-order chi connectivity index (χ1) is 13.8. The van der Waals surface area contributed by atoms with Crippen LogP contribution in [0.2, 0.25) is 0 Å². The standard InChI is InChI=1S/C23H26FN3OS/c1-5-29-20-13-21(27-19-11-10-17(25-4)12-18(19)20)23(2,3)14-26-22(28)15-6-8-16(24)9-7-15/h6-12,20-21,27H,5,13-14H2,1-3H3,(H,26,28). The number of carbonyl (C=O) groups is 1. The smallest absolute Gasteiger partial charge is 0.251 e. The van der Waals surface area contributed by atoms with E-state index in [9.17, 15) is 9.18 Å². The van der Waals surface area contributed by atoms with Crippen LogP contribution in [0.1, 0.15) is 48.4 Å². The van der Waals surface area contributed by atoms with Crippen LogP contribution in [0.3, 0.4) is 0 Å². The minimum absolute atomic E-state index is 0.173. The van der Waals surface area contributed by atoms with Crippen LogP contribution in [0.25, 0.3) is 4.85 Å². The van der Waals surface area contributed by atoms with Gasteiger partial charge in [0.05, 0.1) is 6.57 Å². The van der Waals surface area contributed by atoms with Crippen LogP contribution in [0.5, 0.6) is 0 Å². The quantitative estimate of drug-likeness (QED) is 0.590. The molecule has 1 amide bonds. The zero-order valence-electron chi connectivity index (χ0n) is 17.0. The molecule has 1 aliphatic heterocycles. The first-order valence-electron chi connectivity index (χ1n) is 9.77. The van der Waals surface area contributed by atoms with E-state index in [4.69, 9.17) is 6.57 Å². The molecular formula is C23H26FN3OS. The minimum atomic E-state index is -0.354. The van der Waals surface area contributed by atoms with Gasteiger partial charge in [0.2, 0.25) is 0 Å². The molecule has 1 heterocycles. The zero-order chi connectivity index (χ0) is 21.0. The van der Waals surface area contributed by atoms with Crippen LogP contribution < -0.4 is 10.6 Å². The van der Waals surface area contributed by atoms with Crippen molar-refractivity contribution < 1.29 is 9.18 Å². The number of nitrogens with one attached hydrogen (secondary N) is 2. The second-order valence-electron chi connectivity index (χ2n) is 7.94. The lowest BCUT2D eigenvalue weighted by Crippen LogP contribution is -2.47. The summed E-state index contributed by atoms with van der Waals surface area (Å²) in [5.74, 6) is 0.448. The fourth-order valence-corrected chi connectivity index (χ4v) is 4.72. The summed E-state index contributed by atoms with van der Waals surface area (Å²) in [6, 6.07) is 11.6. The molecule has 4 nitrogen and oxygen atoms in total. The van der Waals surface area contributed by atoms with E-state index in [-0.39, 0.29) is 23.2 Å². The van der Waals surface area contributed by atoms with Crippen molar-refractivity contribution in [2.75, 3.05) is 17.6 Å². The highest BCUT2D eigenvalue weighted by Gasteiger charge is 2.36. The fraction of sp³-hybridized carbons (Fsp3) is 0.391. The molecule has 0 aromatic heterocycles. The van der Waals surface area contributed by atoms with Crippen LogP contribution >= 0.6 is 11.8 Å². The molecular weight excluding hydrogens is 385 g/mol. The molecule has 2 atom stereocenters. The molecule has 2 aromatic rings. The van der Waals surface area contributed by atoms with Gasteiger partial charge in [0.25, 0.3) is 5.91 Å². The number of nitrogens with zero attached hydrogens (tertiary/aromatic N) is 1. The summed E-state index contributed by atoms with van der Waals surface area (Å²) in [5.41, 5.74) is 3.18. The Labute approximate surface area is 176 Å². The number of benzene rings is 2. The molecule has 3 rings (SSSR count). The lowest BCUT2D eigenvalue weighted by atomic mass is 9.78. The lowest BCUT2D eigenvalue weighted by Gasteiger charge is -2.42. The van der Waals surface area contributed by atoms with Crippen LogP contribution in [0.15, 0.2) is 42.5 Å². The molecule has 0 saturated carbocycles. The highest BCUT2D eigenvalue weighted by molar-refractivity contribution is 7.99. The summed E-state index contributed by atoms with van der Waals surface area (Å²) in [6.07, 6.45) is 0.923. The summed E-state index contributed by atoms with van der Waals surface area (Å²) >= 11 is 1.89. The van der Waals surface area contributed by atoms with Gasteiger partial charge in [-0.05, 0) is 48.1 Å². The molecule has 0 spiro atoms. The average molecular weight is 412 g/mol. The second-order valence-corrected chi connectivity index (χ2v) is 9.42. The molecule has 6 heteroatoms. The van der Waals surface area contributed by atoms with Gasteiger partial charge in [0.1, 0.15) is 5.82 Å². The Hall–Kier alpha value is -2.52. The Morgan fingerprint density at radius 3 is 2.69 bits per heavy atom. The van der Waals surface area contributed by atoms with Gasteiger partial charge in [-0.25, -0.2) is 9.24 Å².